The number of hydrazine groups is 1. The number of nitrogens with one attached hydrogen (secondary N) is 3. The molecule has 120 valence electrons. The van der Waals surface area contributed by atoms with Crippen LogP contribution in [0.25, 0.3) is 0 Å². The van der Waals surface area contributed by atoms with Crippen LogP contribution in [0.5, 0.6) is 5.75 Å². The van der Waals surface area contributed by atoms with Gasteiger partial charge in [-0.15, -0.1) is 0 Å². The van der Waals surface area contributed by atoms with Crippen molar-refractivity contribution < 1.29 is 13.9 Å². The molecule has 2 rings (SSSR count). The summed E-state index contributed by atoms with van der Waals surface area (Å²) < 4.78 is 18.8. The van der Waals surface area contributed by atoms with Gasteiger partial charge in [0, 0.05) is 0 Å². The molecule has 0 radical (unpaired) electrons. The number of carbonyl (C=O) groups excluding carboxylic acids is 1. The number of rotatable bonds is 4. The second kappa shape index (κ2) is 8.09. The van der Waals surface area contributed by atoms with Gasteiger partial charge in [-0.25, -0.2) is 4.39 Å². The molecule has 0 atom stereocenters. The molecular weight excluding hydrogens is 317 g/mol. The number of anilines is 1. The monoisotopic (exact) mass is 333 g/mol. The van der Waals surface area contributed by atoms with Gasteiger partial charge in [-0.3, -0.25) is 15.6 Å². The van der Waals surface area contributed by atoms with Crippen LogP contribution in [0.4, 0.5) is 10.1 Å². The van der Waals surface area contributed by atoms with Gasteiger partial charge in [0.25, 0.3) is 5.91 Å². The fourth-order valence-corrected chi connectivity index (χ4v) is 1.90. The van der Waals surface area contributed by atoms with E-state index in [-0.39, 0.29) is 17.4 Å². The molecule has 0 unspecified atom stereocenters. The van der Waals surface area contributed by atoms with E-state index in [1.165, 1.54) is 12.1 Å². The molecule has 0 aliphatic heterocycles. The zero-order valence-corrected chi connectivity index (χ0v) is 13.2. The van der Waals surface area contributed by atoms with Crippen molar-refractivity contribution in [2.45, 2.75) is 6.92 Å². The number of carbonyl (C=O) groups is 1. The summed E-state index contributed by atoms with van der Waals surface area (Å²) in [7, 11) is 0. The maximum atomic E-state index is 13.4. The van der Waals surface area contributed by atoms with Gasteiger partial charge in [-0.1, -0.05) is 30.3 Å². The van der Waals surface area contributed by atoms with E-state index in [1.807, 2.05) is 25.1 Å². The topological polar surface area (TPSA) is 62.4 Å². The van der Waals surface area contributed by atoms with Crippen molar-refractivity contribution in [1.82, 2.24) is 10.9 Å². The second-order valence-electron chi connectivity index (χ2n) is 4.66. The van der Waals surface area contributed by atoms with Gasteiger partial charge in [0.2, 0.25) is 0 Å². The van der Waals surface area contributed by atoms with Crippen molar-refractivity contribution >= 4 is 28.9 Å². The minimum absolute atomic E-state index is 0.0688. The lowest BCUT2D eigenvalue weighted by Gasteiger charge is -2.13. The molecule has 0 saturated carbocycles. The van der Waals surface area contributed by atoms with E-state index >= 15 is 0 Å². The normalized spacial score (nSPS) is 9.83. The Morgan fingerprint density at radius 1 is 1.13 bits per heavy atom. The molecule has 1 amide bonds. The molecule has 0 bridgehead atoms. The van der Waals surface area contributed by atoms with Crippen LogP contribution < -0.4 is 20.9 Å². The highest BCUT2D eigenvalue weighted by molar-refractivity contribution is 7.80. The van der Waals surface area contributed by atoms with E-state index in [9.17, 15) is 9.18 Å². The third-order valence-corrected chi connectivity index (χ3v) is 3.09. The third-order valence-electron chi connectivity index (χ3n) is 2.89. The molecule has 5 nitrogen and oxygen atoms in total. The quantitative estimate of drug-likeness (QED) is 0.593. The van der Waals surface area contributed by atoms with Crippen LogP contribution in [-0.2, 0) is 4.79 Å². The molecule has 2 aromatic carbocycles. The molecule has 0 aromatic heterocycles. The first-order valence-corrected chi connectivity index (χ1v) is 7.26. The summed E-state index contributed by atoms with van der Waals surface area (Å²) in [6.45, 7) is 1.72. The zero-order valence-electron chi connectivity index (χ0n) is 12.4. The van der Waals surface area contributed by atoms with E-state index in [0.717, 1.165) is 5.56 Å². The van der Waals surface area contributed by atoms with Crippen molar-refractivity contribution in [2.24, 2.45) is 0 Å². The predicted molar refractivity (Wildman–Crippen MR) is 90.6 cm³/mol. The van der Waals surface area contributed by atoms with E-state index in [2.05, 4.69) is 16.2 Å². The lowest BCUT2D eigenvalue weighted by Crippen LogP contribution is -2.45. The van der Waals surface area contributed by atoms with Crippen LogP contribution in [0.2, 0.25) is 0 Å². The Morgan fingerprint density at radius 3 is 2.57 bits per heavy atom. The van der Waals surface area contributed by atoms with Gasteiger partial charge in [0.1, 0.15) is 11.6 Å². The Bertz CT molecular complexity index is 709. The average molecular weight is 333 g/mol. The minimum Gasteiger partial charge on any atom is -0.483 e. The first kappa shape index (κ1) is 16.7. The van der Waals surface area contributed by atoms with E-state index in [4.69, 9.17) is 17.0 Å². The lowest BCUT2D eigenvalue weighted by molar-refractivity contribution is -0.123. The number of hydrogen-bond donors (Lipinski definition) is 3. The Balaban J connectivity index is 1.75. The Kier molecular flexibility index (Phi) is 5.87. The summed E-state index contributed by atoms with van der Waals surface area (Å²) in [6.07, 6.45) is 0. The highest BCUT2D eigenvalue weighted by Gasteiger charge is 2.06. The molecule has 0 aliphatic carbocycles. The van der Waals surface area contributed by atoms with Crippen molar-refractivity contribution in [1.29, 1.82) is 0 Å². The SMILES string of the molecule is Cc1ccccc1OCC(=O)NNC(=S)Nc1ccccc1F. The van der Waals surface area contributed by atoms with Crippen LogP contribution in [-0.4, -0.2) is 17.6 Å². The van der Waals surface area contributed by atoms with Gasteiger partial charge in [0.05, 0.1) is 5.69 Å². The van der Waals surface area contributed by atoms with E-state index in [1.54, 1.807) is 18.2 Å². The molecule has 2 aromatic rings. The predicted octanol–water partition coefficient (Wildman–Crippen LogP) is 2.53. The smallest absolute Gasteiger partial charge is 0.276 e. The third kappa shape index (κ3) is 5.23. The van der Waals surface area contributed by atoms with Gasteiger partial charge < -0.3 is 10.1 Å². The van der Waals surface area contributed by atoms with Crippen LogP contribution in [0.1, 0.15) is 5.56 Å². The Morgan fingerprint density at radius 2 is 1.83 bits per heavy atom. The first-order valence-electron chi connectivity index (χ1n) is 6.85. The zero-order chi connectivity index (χ0) is 16.7. The summed E-state index contributed by atoms with van der Waals surface area (Å²) in [5.41, 5.74) is 6.01. The summed E-state index contributed by atoms with van der Waals surface area (Å²) >= 11 is 4.97. The molecule has 3 N–H and O–H groups in total. The number of benzene rings is 2. The Hall–Kier alpha value is -2.67. The number of aryl methyl sites for hydroxylation is 1. The van der Waals surface area contributed by atoms with Crippen molar-refractivity contribution in [3.8, 4) is 5.75 Å². The maximum absolute atomic E-state index is 13.4. The first-order chi connectivity index (χ1) is 11.1. The molecule has 23 heavy (non-hydrogen) atoms. The number of para-hydroxylation sites is 2. The standard InChI is InChI=1S/C16H16FN3O2S/c1-11-6-2-5-9-14(11)22-10-15(21)19-20-16(23)18-13-8-4-3-7-12(13)17/h2-9H,10H2,1H3,(H,19,21)(H2,18,20,23). The summed E-state index contributed by atoms with van der Waals surface area (Å²) in [6, 6.07) is 13.5. The van der Waals surface area contributed by atoms with Crippen LogP contribution >= 0.6 is 12.2 Å². The maximum Gasteiger partial charge on any atom is 0.276 e. The summed E-state index contributed by atoms with van der Waals surface area (Å²) in [5.74, 6) is -0.216. The number of hydrogen-bond acceptors (Lipinski definition) is 3. The molecule has 0 spiro atoms. The van der Waals surface area contributed by atoms with E-state index < -0.39 is 11.7 Å². The van der Waals surface area contributed by atoms with Crippen molar-refractivity contribution in [3.05, 3.63) is 59.9 Å². The van der Waals surface area contributed by atoms with Crippen molar-refractivity contribution in [2.75, 3.05) is 11.9 Å². The fourth-order valence-electron chi connectivity index (χ4n) is 1.74. The molecule has 0 heterocycles. The summed E-state index contributed by atoms with van der Waals surface area (Å²) in [5, 5.41) is 2.71. The molecule has 0 fully saturated rings. The van der Waals surface area contributed by atoms with Gasteiger partial charge in [-0.05, 0) is 42.9 Å². The van der Waals surface area contributed by atoms with Crippen LogP contribution in [0.3, 0.4) is 0 Å². The Labute approximate surface area is 138 Å². The van der Waals surface area contributed by atoms with Gasteiger partial charge >= 0.3 is 0 Å². The van der Waals surface area contributed by atoms with Crippen LogP contribution in [0, 0.1) is 12.7 Å². The van der Waals surface area contributed by atoms with Crippen LogP contribution in [0.15, 0.2) is 48.5 Å². The minimum atomic E-state index is -0.439. The number of halogens is 1. The van der Waals surface area contributed by atoms with Gasteiger partial charge in [-0.2, -0.15) is 0 Å². The molecule has 0 aliphatic rings. The lowest BCUT2D eigenvalue weighted by atomic mass is 10.2. The number of thiocarbonyl (C=S) groups is 1. The highest BCUT2D eigenvalue weighted by atomic mass is 32.1. The van der Waals surface area contributed by atoms with Gasteiger partial charge in [0.15, 0.2) is 11.7 Å². The molecule has 0 saturated heterocycles. The number of ether oxygens (including phenoxy) is 1. The average Bonchev–Trinajstić information content (AvgIpc) is 2.54. The highest BCUT2D eigenvalue weighted by Crippen LogP contribution is 2.15. The molecular formula is C16H16FN3O2S. The molecule has 7 heteroatoms. The summed E-state index contributed by atoms with van der Waals surface area (Å²) in [4.78, 5) is 11.7. The fraction of sp³-hybridized carbons (Fsp3) is 0.125. The second-order valence-corrected chi connectivity index (χ2v) is 5.07. The van der Waals surface area contributed by atoms with E-state index in [0.29, 0.717) is 5.75 Å². The van der Waals surface area contributed by atoms with Crippen molar-refractivity contribution in [3.63, 3.8) is 0 Å². The largest absolute Gasteiger partial charge is 0.483 e. The number of amides is 1.